The van der Waals surface area contributed by atoms with E-state index < -0.39 is 21.8 Å². The Bertz CT molecular complexity index is 548. The van der Waals surface area contributed by atoms with Gasteiger partial charge in [0.05, 0.1) is 0 Å². The molecule has 2 N–H and O–H groups in total. The quantitative estimate of drug-likeness (QED) is 0.664. The molecule has 21 heavy (non-hydrogen) atoms. The summed E-state index contributed by atoms with van der Waals surface area (Å²) in [5.74, 6) is -0.345. The molecule has 8 nitrogen and oxygen atoms in total. The SMILES string of the molecule is O=C1NC(=O)C2(CCN(S(=O)(=O)N3CCCCC3)CC2)N1. The number of piperidine rings is 2. The molecule has 0 saturated carbocycles. The van der Waals surface area contributed by atoms with Gasteiger partial charge >= 0.3 is 6.03 Å². The number of nitrogens with zero attached hydrogens (tertiary/aromatic N) is 2. The second kappa shape index (κ2) is 5.22. The number of amides is 3. The van der Waals surface area contributed by atoms with Crippen molar-refractivity contribution >= 4 is 22.1 Å². The highest BCUT2D eigenvalue weighted by atomic mass is 32.2. The summed E-state index contributed by atoms with van der Waals surface area (Å²) in [5, 5.41) is 4.86. The van der Waals surface area contributed by atoms with Crippen LogP contribution in [-0.4, -0.2) is 60.7 Å². The van der Waals surface area contributed by atoms with E-state index in [1.54, 1.807) is 0 Å². The molecule has 3 saturated heterocycles. The summed E-state index contributed by atoms with van der Waals surface area (Å²) in [4.78, 5) is 23.1. The molecule has 0 atom stereocenters. The lowest BCUT2D eigenvalue weighted by atomic mass is 9.89. The van der Waals surface area contributed by atoms with Crippen molar-refractivity contribution in [2.45, 2.75) is 37.6 Å². The molecule has 9 heteroatoms. The predicted molar refractivity (Wildman–Crippen MR) is 74.6 cm³/mol. The van der Waals surface area contributed by atoms with Crippen LogP contribution in [0.3, 0.4) is 0 Å². The van der Waals surface area contributed by atoms with Gasteiger partial charge in [0.1, 0.15) is 5.54 Å². The van der Waals surface area contributed by atoms with E-state index in [0.29, 0.717) is 25.9 Å². The Morgan fingerprint density at radius 2 is 1.48 bits per heavy atom. The minimum absolute atomic E-state index is 0.256. The maximum atomic E-state index is 12.6. The van der Waals surface area contributed by atoms with E-state index in [0.717, 1.165) is 19.3 Å². The van der Waals surface area contributed by atoms with E-state index in [2.05, 4.69) is 10.6 Å². The summed E-state index contributed by atoms with van der Waals surface area (Å²) in [5.41, 5.74) is -0.926. The fraction of sp³-hybridized carbons (Fsp3) is 0.833. The highest BCUT2D eigenvalue weighted by molar-refractivity contribution is 7.86. The Labute approximate surface area is 124 Å². The van der Waals surface area contributed by atoms with Crippen LogP contribution < -0.4 is 10.6 Å². The van der Waals surface area contributed by atoms with Crippen LogP contribution in [0.2, 0.25) is 0 Å². The number of carbonyl (C=O) groups is 2. The lowest BCUT2D eigenvalue weighted by molar-refractivity contribution is -0.125. The number of hydrogen-bond donors (Lipinski definition) is 2. The van der Waals surface area contributed by atoms with Gasteiger partial charge in [-0.25, -0.2) is 4.79 Å². The molecule has 3 aliphatic heterocycles. The maximum Gasteiger partial charge on any atom is 0.322 e. The number of carbonyl (C=O) groups excluding carboxylic acids is 2. The lowest BCUT2D eigenvalue weighted by Gasteiger charge is -2.39. The van der Waals surface area contributed by atoms with Crippen LogP contribution in [0.15, 0.2) is 0 Å². The number of imide groups is 1. The predicted octanol–water partition coefficient (Wildman–Crippen LogP) is -0.609. The van der Waals surface area contributed by atoms with Crippen LogP contribution >= 0.6 is 0 Å². The molecule has 3 aliphatic rings. The zero-order valence-corrected chi connectivity index (χ0v) is 12.6. The zero-order valence-electron chi connectivity index (χ0n) is 11.8. The first-order valence-corrected chi connectivity index (χ1v) is 8.73. The average molecular weight is 316 g/mol. The van der Waals surface area contributed by atoms with Gasteiger partial charge in [-0.3, -0.25) is 10.1 Å². The average Bonchev–Trinajstić information content (AvgIpc) is 2.74. The summed E-state index contributed by atoms with van der Waals surface area (Å²) in [6.45, 7) is 1.65. The molecule has 0 radical (unpaired) electrons. The smallest absolute Gasteiger partial charge is 0.322 e. The van der Waals surface area contributed by atoms with Gasteiger partial charge < -0.3 is 5.32 Å². The molecule has 3 rings (SSSR count). The second-order valence-electron chi connectivity index (χ2n) is 5.86. The Hall–Kier alpha value is -1.19. The van der Waals surface area contributed by atoms with Crippen LogP contribution in [0.5, 0.6) is 0 Å². The molecule has 0 aromatic carbocycles. The minimum atomic E-state index is -3.44. The minimum Gasteiger partial charge on any atom is -0.323 e. The maximum absolute atomic E-state index is 12.6. The first-order chi connectivity index (χ1) is 9.94. The Balaban J connectivity index is 1.68. The second-order valence-corrected chi connectivity index (χ2v) is 7.79. The van der Waals surface area contributed by atoms with Gasteiger partial charge in [0.25, 0.3) is 16.1 Å². The van der Waals surface area contributed by atoms with Crippen molar-refractivity contribution in [3.8, 4) is 0 Å². The standard InChI is InChI=1S/C12H20N4O4S/c17-10-12(14-11(18)13-10)4-8-16(9-5-12)21(19,20)15-6-2-1-3-7-15/h1-9H2,(H2,13,14,17,18). The first-order valence-electron chi connectivity index (χ1n) is 7.33. The van der Waals surface area contributed by atoms with Gasteiger partial charge in [-0.15, -0.1) is 0 Å². The molecule has 1 spiro atoms. The van der Waals surface area contributed by atoms with Crippen molar-refractivity contribution in [1.82, 2.24) is 19.2 Å². The number of hydrogen-bond acceptors (Lipinski definition) is 4. The summed E-state index contributed by atoms with van der Waals surface area (Å²) in [6, 6.07) is -0.493. The summed E-state index contributed by atoms with van der Waals surface area (Å²) >= 11 is 0. The third-order valence-electron chi connectivity index (χ3n) is 4.56. The van der Waals surface area contributed by atoms with Crippen molar-refractivity contribution in [1.29, 1.82) is 0 Å². The fourth-order valence-electron chi connectivity index (χ4n) is 3.24. The molecular weight excluding hydrogens is 296 g/mol. The zero-order chi connectivity index (χ0) is 15.1. The molecular formula is C12H20N4O4S. The summed E-state index contributed by atoms with van der Waals surface area (Å²) in [6.07, 6.45) is 3.50. The summed E-state index contributed by atoms with van der Waals surface area (Å²) in [7, 11) is -3.44. The van der Waals surface area contributed by atoms with Crippen molar-refractivity contribution < 1.29 is 18.0 Å². The van der Waals surface area contributed by atoms with Crippen LogP contribution in [0.1, 0.15) is 32.1 Å². The molecule has 118 valence electrons. The van der Waals surface area contributed by atoms with E-state index in [-0.39, 0.29) is 19.0 Å². The van der Waals surface area contributed by atoms with E-state index in [1.807, 2.05) is 0 Å². The van der Waals surface area contributed by atoms with E-state index in [1.165, 1.54) is 8.61 Å². The van der Waals surface area contributed by atoms with Crippen molar-refractivity contribution in [3.63, 3.8) is 0 Å². The van der Waals surface area contributed by atoms with Crippen molar-refractivity contribution in [2.24, 2.45) is 0 Å². The summed E-state index contributed by atoms with van der Waals surface area (Å²) < 4.78 is 28.1. The fourth-order valence-corrected chi connectivity index (χ4v) is 4.93. The Morgan fingerprint density at radius 1 is 0.905 bits per heavy atom. The highest BCUT2D eigenvalue weighted by Crippen LogP contribution is 2.28. The lowest BCUT2D eigenvalue weighted by Crippen LogP contribution is -2.57. The van der Waals surface area contributed by atoms with E-state index in [9.17, 15) is 18.0 Å². The van der Waals surface area contributed by atoms with Crippen LogP contribution in [-0.2, 0) is 15.0 Å². The van der Waals surface area contributed by atoms with Crippen LogP contribution in [0, 0.1) is 0 Å². The highest BCUT2D eigenvalue weighted by Gasteiger charge is 2.49. The third kappa shape index (κ3) is 2.53. The molecule has 0 aromatic heterocycles. The van der Waals surface area contributed by atoms with Crippen molar-refractivity contribution in [3.05, 3.63) is 0 Å². The number of nitrogens with one attached hydrogen (secondary N) is 2. The normalized spacial score (nSPS) is 27.6. The van der Waals surface area contributed by atoms with Gasteiger partial charge in [-0.2, -0.15) is 17.0 Å². The Kier molecular flexibility index (Phi) is 3.66. The molecule has 3 fully saturated rings. The van der Waals surface area contributed by atoms with Crippen LogP contribution in [0.4, 0.5) is 4.79 Å². The van der Waals surface area contributed by atoms with Crippen LogP contribution in [0.25, 0.3) is 0 Å². The largest absolute Gasteiger partial charge is 0.323 e. The Morgan fingerprint density at radius 3 is 2.00 bits per heavy atom. The van der Waals surface area contributed by atoms with Crippen molar-refractivity contribution in [2.75, 3.05) is 26.2 Å². The molecule has 0 aromatic rings. The van der Waals surface area contributed by atoms with E-state index >= 15 is 0 Å². The number of urea groups is 1. The molecule has 0 bridgehead atoms. The first kappa shape index (κ1) is 14.7. The molecule has 0 aliphatic carbocycles. The van der Waals surface area contributed by atoms with Gasteiger partial charge in [0.2, 0.25) is 0 Å². The third-order valence-corrected chi connectivity index (χ3v) is 6.59. The molecule has 3 heterocycles. The van der Waals surface area contributed by atoms with Gasteiger partial charge in [-0.05, 0) is 25.7 Å². The van der Waals surface area contributed by atoms with E-state index in [4.69, 9.17) is 0 Å². The molecule has 3 amide bonds. The monoisotopic (exact) mass is 316 g/mol. The number of rotatable bonds is 2. The van der Waals surface area contributed by atoms with Gasteiger partial charge in [-0.1, -0.05) is 6.42 Å². The van der Waals surface area contributed by atoms with Gasteiger partial charge in [0.15, 0.2) is 0 Å². The van der Waals surface area contributed by atoms with Gasteiger partial charge in [0, 0.05) is 26.2 Å². The topological polar surface area (TPSA) is 98.8 Å². The molecule has 0 unspecified atom stereocenters.